The van der Waals surface area contributed by atoms with E-state index in [1.54, 1.807) is 0 Å². The van der Waals surface area contributed by atoms with Crippen LogP contribution in [0.2, 0.25) is 0 Å². The fraction of sp³-hybridized carbons (Fsp3) is 0.500. The smallest absolute Gasteiger partial charge is 0.194 e. The molecule has 1 heterocycles. The topological polar surface area (TPSA) is 41.6 Å². The number of benzene rings is 1. The number of nitrogens with zero attached hydrogens (tertiary/aromatic N) is 2. The molecular weight excluding hydrogens is 267 g/mol. The lowest BCUT2D eigenvalue weighted by Gasteiger charge is -2.32. The minimum atomic E-state index is -1.44. The van der Waals surface area contributed by atoms with Gasteiger partial charge in [-0.25, -0.2) is 13.2 Å². The highest BCUT2D eigenvalue weighted by atomic mass is 19.2. The van der Waals surface area contributed by atoms with Crippen molar-refractivity contribution in [1.29, 1.82) is 0 Å². The fourth-order valence-corrected chi connectivity index (χ4v) is 3.17. The third kappa shape index (κ3) is 2.13. The minimum absolute atomic E-state index is 0.252. The first kappa shape index (κ1) is 13.3. The Kier molecular flexibility index (Phi) is 3.31. The number of hydrogen-bond donors (Lipinski definition) is 1. The van der Waals surface area contributed by atoms with E-state index in [1.807, 2.05) is 4.90 Å². The summed E-state index contributed by atoms with van der Waals surface area (Å²) in [6.07, 6.45) is 4.23. The zero-order valence-corrected chi connectivity index (χ0v) is 11.0. The zero-order chi connectivity index (χ0) is 14.3. The Morgan fingerprint density at radius 1 is 1.10 bits per heavy atom. The van der Waals surface area contributed by atoms with E-state index in [2.05, 4.69) is 4.99 Å². The largest absolute Gasteiger partial charge is 0.370 e. The van der Waals surface area contributed by atoms with Crippen LogP contribution >= 0.6 is 0 Å². The molecule has 1 aromatic carbocycles. The molecule has 1 aliphatic heterocycles. The first-order valence-electron chi connectivity index (χ1n) is 6.80. The number of nitrogens with two attached hydrogens (primary N) is 1. The highest BCUT2D eigenvalue weighted by Gasteiger charge is 2.35. The Morgan fingerprint density at radius 3 is 2.30 bits per heavy atom. The van der Waals surface area contributed by atoms with Crippen molar-refractivity contribution < 1.29 is 13.2 Å². The number of aliphatic imine (C=N–C) groups is 1. The Balaban J connectivity index is 1.93. The summed E-state index contributed by atoms with van der Waals surface area (Å²) in [7, 11) is 0. The van der Waals surface area contributed by atoms with Crippen molar-refractivity contribution in [1.82, 2.24) is 4.90 Å². The molecule has 0 bridgehead atoms. The van der Waals surface area contributed by atoms with E-state index in [4.69, 9.17) is 5.73 Å². The van der Waals surface area contributed by atoms with Crippen molar-refractivity contribution >= 4 is 5.96 Å². The van der Waals surface area contributed by atoms with Crippen LogP contribution < -0.4 is 5.73 Å². The first-order valence-corrected chi connectivity index (χ1v) is 6.80. The molecule has 1 aromatic rings. The Morgan fingerprint density at radius 2 is 1.70 bits per heavy atom. The molecule has 108 valence electrons. The van der Waals surface area contributed by atoms with Gasteiger partial charge in [0.05, 0.1) is 12.6 Å². The maximum absolute atomic E-state index is 13.4. The Hall–Kier alpha value is -1.72. The van der Waals surface area contributed by atoms with Gasteiger partial charge in [0.15, 0.2) is 23.4 Å². The normalized spacial score (nSPS) is 23.4. The van der Waals surface area contributed by atoms with Gasteiger partial charge in [0, 0.05) is 6.04 Å². The maximum Gasteiger partial charge on any atom is 0.194 e. The van der Waals surface area contributed by atoms with Crippen LogP contribution in [-0.2, 0) is 0 Å². The third-order valence-corrected chi connectivity index (χ3v) is 4.14. The van der Waals surface area contributed by atoms with Crippen molar-refractivity contribution in [3.63, 3.8) is 0 Å². The molecule has 20 heavy (non-hydrogen) atoms. The summed E-state index contributed by atoms with van der Waals surface area (Å²) >= 11 is 0. The molecule has 1 atom stereocenters. The fourth-order valence-electron chi connectivity index (χ4n) is 3.17. The lowest BCUT2D eigenvalue weighted by molar-refractivity contribution is 0.260. The van der Waals surface area contributed by atoms with Crippen LogP contribution in [0.3, 0.4) is 0 Å². The van der Waals surface area contributed by atoms with E-state index in [1.165, 1.54) is 0 Å². The van der Waals surface area contributed by atoms with Crippen LogP contribution in [0, 0.1) is 17.5 Å². The molecule has 1 unspecified atom stereocenters. The highest BCUT2D eigenvalue weighted by Crippen LogP contribution is 2.34. The van der Waals surface area contributed by atoms with Crippen LogP contribution in [0.4, 0.5) is 13.2 Å². The monoisotopic (exact) mass is 283 g/mol. The zero-order valence-electron chi connectivity index (χ0n) is 11.0. The average molecular weight is 283 g/mol. The summed E-state index contributed by atoms with van der Waals surface area (Å²) < 4.78 is 39.8. The molecule has 0 saturated heterocycles. The van der Waals surface area contributed by atoms with Crippen molar-refractivity contribution in [3.8, 4) is 0 Å². The molecule has 0 amide bonds. The summed E-state index contributed by atoms with van der Waals surface area (Å²) in [5.41, 5.74) is 6.29. The molecule has 2 aliphatic rings. The van der Waals surface area contributed by atoms with E-state index in [0.717, 1.165) is 37.8 Å². The maximum atomic E-state index is 13.4. The van der Waals surface area contributed by atoms with Crippen molar-refractivity contribution in [2.45, 2.75) is 37.8 Å². The van der Waals surface area contributed by atoms with Crippen LogP contribution in [0.1, 0.15) is 37.3 Å². The van der Waals surface area contributed by atoms with Crippen LogP contribution in [-0.4, -0.2) is 23.4 Å². The molecular formula is C14H16F3N3. The van der Waals surface area contributed by atoms with E-state index in [9.17, 15) is 13.2 Å². The predicted octanol–water partition coefficient (Wildman–Crippen LogP) is 2.72. The Bertz CT molecular complexity index is 530. The van der Waals surface area contributed by atoms with Gasteiger partial charge in [0.1, 0.15) is 0 Å². The second kappa shape index (κ2) is 5.00. The van der Waals surface area contributed by atoms with Crippen molar-refractivity contribution in [2.24, 2.45) is 10.7 Å². The van der Waals surface area contributed by atoms with Gasteiger partial charge in [-0.05, 0) is 30.5 Å². The van der Waals surface area contributed by atoms with Crippen LogP contribution in [0.15, 0.2) is 17.1 Å². The molecule has 0 aromatic heterocycles. The molecule has 3 nitrogen and oxygen atoms in total. The summed E-state index contributed by atoms with van der Waals surface area (Å²) in [6.45, 7) is 0.354. The van der Waals surface area contributed by atoms with E-state index in [0.29, 0.717) is 18.1 Å². The second-order valence-electron chi connectivity index (χ2n) is 5.36. The molecule has 1 fully saturated rings. The molecule has 1 aliphatic carbocycles. The second-order valence-corrected chi connectivity index (χ2v) is 5.36. The van der Waals surface area contributed by atoms with Gasteiger partial charge >= 0.3 is 0 Å². The summed E-state index contributed by atoms with van der Waals surface area (Å²) in [6, 6.07) is 2.03. The van der Waals surface area contributed by atoms with Gasteiger partial charge in [0.25, 0.3) is 0 Å². The Labute approximate surface area is 115 Å². The summed E-state index contributed by atoms with van der Waals surface area (Å²) in [5.74, 6) is -3.37. The van der Waals surface area contributed by atoms with Gasteiger partial charge in [-0.3, -0.25) is 4.99 Å². The van der Waals surface area contributed by atoms with Gasteiger partial charge in [-0.1, -0.05) is 12.8 Å². The van der Waals surface area contributed by atoms with Crippen molar-refractivity contribution in [3.05, 3.63) is 35.1 Å². The van der Waals surface area contributed by atoms with Gasteiger partial charge in [-0.2, -0.15) is 0 Å². The number of guanidine groups is 1. The first-order chi connectivity index (χ1) is 9.58. The number of hydrogen-bond acceptors (Lipinski definition) is 3. The van der Waals surface area contributed by atoms with E-state index < -0.39 is 17.5 Å². The standard InChI is InChI=1S/C14H16F3N3/c15-10-5-8(6-11(16)13(10)17)12-7-19-14(18)20(12)9-3-1-2-4-9/h5-6,9,12H,1-4,7H2,(H2,18,19). The SMILES string of the molecule is NC1=NCC(c2cc(F)c(F)c(F)c2)N1C1CCCC1. The quantitative estimate of drug-likeness (QED) is 0.848. The predicted molar refractivity (Wildman–Crippen MR) is 69.6 cm³/mol. The van der Waals surface area contributed by atoms with Crippen LogP contribution in [0.25, 0.3) is 0 Å². The molecule has 1 saturated carbocycles. The lowest BCUT2D eigenvalue weighted by Crippen LogP contribution is -2.42. The molecule has 3 rings (SSSR count). The minimum Gasteiger partial charge on any atom is -0.370 e. The summed E-state index contributed by atoms with van der Waals surface area (Å²) in [5, 5.41) is 0. The van der Waals surface area contributed by atoms with Gasteiger partial charge < -0.3 is 10.6 Å². The molecule has 0 spiro atoms. The number of rotatable bonds is 2. The average Bonchev–Trinajstić information content (AvgIpc) is 3.04. The van der Waals surface area contributed by atoms with E-state index in [-0.39, 0.29) is 12.1 Å². The van der Waals surface area contributed by atoms with Gasteiger partial charge in [0.2, 0.25) is 0 Å². The molecule has 2 N–H and O–H groups in total. The number of halogens is 3. The van der Waals surface area contributed by atoms with Crippen LogP contribution in [0.5, 0.6) is 0 Å². The van der Waals surface area contributed by atoms with Crippen molar-refractivity contribution in [2.75, 3.05) is 6.54 Å². The molecule has 6 heteroatoms. The third-order valence-electron chi connectivity index (χ3n) is 4.14. The van der Waals surface area contributed by atoms with Gasteiger partial charge in [-0.15, -0.1) is 0 Å². The van der Waals surface area contributed by atoms with E-state index >= 15 is 0 Å². The summed E-state index contributed by atoms with van der Waals surface area (Å²) in [4.78, 5) is 6.11. The molecule has 0 radical (unpaired) electrons. The highest BCUT2D eigenvalue weighted by molar-refractivity contribution is 5.80. The lowest BCUT2D eigenvalue weighted by atomic mass is 10.0.